The summed E-state index contributed by atoms with van der Waals surface area (Å²) in [4.78, 5) is 20.6. The smallest absolute Gasteiger partial charge is 0.269 e. The number of anilines is 2. The zero-order valence-corrected chi connectivity index (χ0v) is 11.8. The summed E-state index contributed by atoms with van der Waals surface area (Å²) < 4.78 is 0. The van der Waals surface area contributed by atoms with Gasteiger partial charge < -0.3 is 15.5 Å². The Morgan fingerprint density at radius 1 is 1.00 bits per heavy atom. The van der Waals surface area contributed by atoms with Crippen molar-refractivity contribution >= 4 is 17.3 Å². The summed E-state index contributed by atoms with van der Waals surface area (Å²) in [6.07, 6.45) is 7.75. The van der Waals surface area contributed by atoms with E-state index in [2.05, 4.69) is 14.8 Å². The van der Waals surface area contributed by atoms with E-state index in [1.807, 2.05) is 6.07 Å². The van der Waals surface area contributed by atoms with Gasteiger partial charge in [-0.15, -0.1) is 0 Å². The molecule has 2 N–H and O–H groups in total. The SMILES string of the molecule is NC(=O)c1nccc(N2CCCC2)c1N1CCCCC1. The van der Waals surface area contributed by atoms with Gasteiger partial charge in [0, 0.05) is 32.4 Å². The first-order valence-electron chi connectivity index (χ1n) is 7.56. The highest BCUT2D eigenvalue weighted by molar-refractivity contribution is 6.00. The zero-order chi connectivity index (χ0) is 13.9. The lowest BCUT2D eigenvalue weighted by Crippen LogP contribution is -2.34. The van der Waals surface area contributed by atoms with Crippen LogP contribution in [0.2, 0.25) is 0 Å². The van der Waals surface area contributed by atoms with E-state index in [0.29, 0.717) is 5.69 Å². The van der Waals surface area contributed by atoms with Crippen molar-refractivity contribution in [1.29, 1.82) is 0 Å². The first-order valence-corrected chi connectivity index (χ1v) is 7.56. The van der Waals surface area contributed by atoms with Crippen molar-refractivity contribution in [2.24, 2.45) is 5.73 Å². The van der Waals surface area contributed by atoms with Crippen molar-refractivity contribution in [2.75, 3.05) is 36.0 Å². The molecule has 20 heavy (non-hydrogen) atoms. The maximum absolute atomic E-state index is 11.7. The average molecular weight is 274 g/mol. The third-order valence-corrected chi connectivity index (χ3v) is 4.26. The maximum atomic E-state index is 11.7. The van der Waals surface area contributed by atoms with E-state index in [-0.39, 0.29) is 0 Å². The molecule has 1 amide bonds. The second kappa shape index (κ2) is 5.69. The van der Waals surface area contributed by atoms with Crippen LogP contribution in [0.3, 0.4) is 0 Å². The second-order valence-electron chi connectivity index (χ2n) is 5.63. The van der Waals surface area contributed by atoms with Crippen molar-refractivity contribution in [2.45, 2.75) is 32.1 Å². The van der Waals surface area contributed by atoms with E-state index in [1.54, 1.807) is 6.20 Å². The summed E-state index contributed by atoms with van der Waals surface area (Å²) in [5.74, 6) is -0.424. The summed E-state index contributed by atoms with van der Waals surface area (Å²) in [5.41, 5.74) is 8.06. The number of aromatic nitrogens is 1. The highest BCUT2D eigenvalue weighted by atomic mass is 16.1. The number of pyridine rings is 1. The maximum Gasteiger partial charge on any atom is 0.269 e. The van der Waals surface area contributed by atoms with Crippen LogP contribution in [0.25, 0.3) is 0 Å². The Kier molecular flexibility index (Phi) is 3.76. The molecule has 2 aliphatic rings. The van der Waals surface area contributed by atoms with Crippen LogP contribution in [0.15, 0.2) is 12.3 Å². The molecule has 3 rings (SSSR count). The Labute approximate surface area is 119 Å². The molecule has 0 bridgehead atoms. The van der Waals surface area contributed by atoms with E-state index in [1.165, 1.54) is 32.1 Å². The number of carbonyl (C=O) groups excluding carboxylic acids is 1. The topological polar surface area (TPSA) is 62.5 Å². The van der Waals surface area contributed by atoms with Gasteiger partial charge in [-0.1, -0.05) is 0 Å². The molecule has 2 saturated heterocycles. The lowest BCUT2D eigenvalue weighted by atomic mass is 10.1. The number of primary amides is 1. The van der Waals surface area contributed by atoms with Crippen LogP contribution in [0.4, 0.5) is 11.4 Å². The van der Waals surface area contributed by atoms with Gasteiger partial charge in [-0.05, 0) is 38.2 Å². The first-order chi connectivity index (χ1) is 9.77. The number of carbonyl (C=O) groups is 1. The van der Waals surface area contributed by atoms with E-state index in [4.69, 9.17) is 5.73 Å². The van der Waals surface area contributed by atoms with Crippen LogP contribution < -0.4 is 15.5 Å². The van der Waals surface area contributed by atoms with Crippen LogP contribution in [-0.2, 0) is 0 Å². The molecule has 0 unspecified atom stereocenters. The van der Waals surface area contributed by atoms with Gasteiger partial charge in [-0.25, -0.2) is 4.98 Å². The lowest BCUT2D eigenvalue weighted by molar-refractivity contribution is 0.0996. The Hall–Kier alpha value is -1.78. The molecule has 2 aliphatic heterocycles. The van der Waals surface area contributed by atoms with Gasteiger partial charge in [-0.2, -0.15) is 0 Å². The van der Waals surface area contributed by atoms with E-state index >= 15 is 0 Å². The normalized spacial score (nSPS) is 19.4. The van der Waals surface area contributed by atoms with Gasteiger partial charge in [0.2, 0.25) is 0 Å². The number of piperidine rings is 1. The van der Waals surface area contributed by atoms with Crippen LogP contribution in [0.1, 0.15) is 42.6 Å². The van der Waals surface area contributed by atoms with Gasteiger partial charge in [0.25, 0.3) is 5.91 Å². The van der Waals surface area contributed by atoms with Crippen molar-refractivity contribution < 1.29 is 4.79 Å². The van der Waals surface area contributed by atoms with Gasteiger partial charge in [-0.3, -0.25) is 4.79 Å². The molecule has 1 aromatic rings. The number of hydrogen-bond donors (Lipinski definition) is 1. The molecular formula is C15H22N4O. The van der Waals surface area contributed by atoms with E-state index in [9.17, 15) is 4.79 Å². The minimum Gasteiger partial charge on any atom is -0.370 e. The fourth-order valence-electron chi connectivity index (χ4n) is 3.27. The molecule has 5 heteroatoms. The quantitative estimate of drug-likeness (QED) is 0.912. The summed E-state index contributed by atoms with van der Waals surface area (Å²) >= 11 is 0. The molecule has 5 nitrogen and oxygen atoms in total. The summed E-state index contributed by atoms with van der Waals surface area (Å²) in [6, 6.07) is 2.03. The predicted octanol–water partition coefficient (Wildman–Crippen LogP) is 1.77. The molecule has 0 aromatic carbocycles. The Morgan fingerprint density at radius 2 is 1.60 bits per heavy atom. The van der Waals surface area contributed by atoms with Crippen molar-refractivity contribution in [3.8, 4) is 0 Å². The predicted molar refractivity (Wildman–Crippen MR) is 80.3 cm³/mol. The lowest BCUT2D eigenvalue weighted by Gasteiger charge is -2.33. The van der Waals surface area contributed by atoms with Gasteiger partial charge in [0.15, 0.2) is 5.69 Å². The minimum absolute atomic E-state index is 0.424. The van der Waals surface area contributed by atoms with Gasteiger partial charge >= 0.3 is 0 Å². The summed E-state index contributed by atoms with van der Waals surface area (Å²) in [5, 5.41) is 0. The van der Waals surface area contributed by atoms with E-state index < -0.39 is 5.91 Å². The number of nitrogens with two attached hydrogens (primary N) is 1. The van der Waals surface area contributed by atoms with Crippen molar-refractivity contribution in [1.82, 2.24) is 4.98 Å². The largest absolute Gasteiger partial charge is 0.370 e. The molecule has 3 heterocycles. The standard InChI is InChI=1S/C15H22N4O/c16-15(20)13-14(19-10-2-1-3-11-19)12(6-7-17-13)18-8-4-5-9-18/h6-7H,1-5,8-11H2,(H2,16,20). The molecule has 108 valence electrons. The Balaban J connectivity index is 2.03. The van der Waals surface area contributed by atoms with Crippen LogP contribution in [-0.4, -0.2) is 37.1 Å². The van der Waals surface area contributed by atoms with Crippen LogP contribution in [0.5, 0.6) is 0 Å². The van der Waals surface area contributed by atoms with Gasteiger partial charge in [0.1, 0.15) is 0 Å². The Bertz CT molecular complexity index is 491. The van der Waals surface area contributed by atoms with Crippen LogP contribution in [0, 0.1) is 0 Å². The first kappa shape index (κ1) is 13.2. The number of amides is 1. The molecule has 1 aromatic heterocycles. The third-order valence-electron chi connectivity index (χ3n) is 4.26. The summed E-state index contributed by atoms with van der Waals surface area (Å²) in [7, 11) is 0. The Morgan fingerprint density at radius 3 is 2.25 bits per heavy atom. The van der Waals surface area contributed by atoms with Crippen LogP contribution >= 0.6 is 0 Å². The molecular weight excluding hydrogens is 252 g/mol. The number of rotatable bonds is 3. The summed E-state index contributed by atoms with van der Waals surface area (Å²) in [6.45, 7) is 4.10. The molecule has 0 saturated carbocycles. The third kappa shape index (κ3) is 2.44. The fourth-order valence-corrected chi connectivity index (χ4v) is 3.27. The molecule has 0 atom stereocenters. The number of nitrogens with zero attached hydrogens (tertiary/aromatic N) is 3. The molecule has 0 spiro atoms. The number of hydrogen-bond acceptors (Lipinski definition) is 4. The van der Waals surface area contributed by atoms with Gasteiger partial charge in [0.05, 0.1) is 11.4 Å². The van der Waals surface area contributed by atoms with Crippen molar-refractivity contribution in [3.05, 3.63) is 18.0 Å². The molecule has 0 radical (unpaired) electrons. The highest BCUT2D eigenvalue weighted by Gasteiger charge is 2.25. The fraction of sp³-hybridized carbons (Fsp3) is 0.600. The average Bonchev–Trinajstić information content (AvgIpc) is 3.01. The zero-order valence-electron chi connectivity index (χ0n) is 11.8. The van der Waals surface area contributed by atoms with E-state index in [0.717, 1.165) is 37.6 Å². The highest BCUT2D eigenvalue weighted by Crippen LogP contribution is 2.35. The molecule has 0 aliphatic carbocycles. The second-order valence-corrected chi connectivity index (χ2v) is 5.63. The van der Waals surface area contributed by atoms with Crippen molar-refractivity contribution in [3.63, 3.8) is 0 Å². The monoisotopic (exact) mass is 274 g/mol. The minimum atomic E-state index is -0.424. The molecule has 2 fully saturated rings.